The van der Waals surface area contributed by atoms with Crippen LogP contribution in [0.4, 0.5) is 0 Å². The third-order valence-electron chi connectivity index (χ3n) is 9.72. The minimum absolute atomic E-state index is 1.17. The van der Waals surface area contributed by atoms with Gasteiger partial charge in [0.2, 0.25) is 0 Å². The van der Waals surface area contributed by atoms with Gasteiger partial charge in [-0.05, 0) is 86.3 Å². The van der Waals surface area contributed by atoms with Gasteiger partial charge in [0.25, 0.3) is 0 Å². The predicted molar refractivity (Wildman–Crippen MR) is 196 cm³/mol. The Morgan fingerprint density at radius 2 is 0.935 bits per heavy atom. The van der Waals surface area contributed by atoms with E-state index in [1.807, 2.05) is 0 Å². The number of H-pyrrole nitrogens is 1. The van der Waals surface area contributed by atoms with E-state index in [9.17, 15) is 0 Å². The van der Waals surface area contributed by atoms with Crippen LogP contribution in [0.25, 0.3) is 93.1 Å². The molecule has 0 atom stereocenters. The molecule has 0 bridgehead atoms. The van der Waals surface area contributed by atoms with E-state index < -0.39 is 0 Å². The second-order valence-corrected chi connectivity index (χ2v) is 12.2. The van der Waals surface area contributed by atoms with E-state index in [-0.39, 0.29) is 0 Å². The van der Waals surface area contributed by atoms with E-state index in [4.69, 9.17) is 0 Å². The number of aromatic nitrogens is 2. The Labute approximate surface area is 265 Å². The molecule has 1 N–H and O–H groups in total. The highest BCUT2D eigenvalue weighted by Gasteiger charge is 2.17. The first kappa shape index (κ1) is 25.2. The molecule has 8 aromatic carbocycles. The van der Waals surface area contributed by atoms with E-state index >= 15 is 0 Å². The first-order valence-corrected chi connectivity index (χ1v) is 15.9. The highest BCUT2D eigenvalue weighted by atomic mass is 15.0. The number of nitrogens with one attached hydrogen (secondary N) is 1. The molecule has 2 nitrogen and oxygen atoms in total. The minimum atomic E-state index is 1.17. The van der Waals surface area contributed by atoms with Crippen molar-refractivity contribution in [3.05, 3.63) is 164 Å². The van der Waals surface area contributed by atoms with Crippen LogP contribution in [0.1, 0.15) is 0 Å². The standard InChI is InChI=1S/C44H28N2/c1-2-12-29(13-3-1)46-42-21-11-9-17-35(42)39-26-28(22-25-43(39)46)30-23-24-34(32-15-5-4-14-31(30)32)38-27-41-44(36-18-7-6-16-33(36)38)37-19-8-10-20-40(37)45-41/h1-27,45H. The second-order valence-electron chi connectivity index (χ2n) is 12.2. The molecule has 0 amide bonds. The third-order valence-corrected chi connectivity index (χ3v) is 9.72. The van der Waals surface area contributed by atoms with Crippen molar-refractivity contribution in [2.45, 2.75) is 0 Å². The number of para-hydroxylation sites is 3. The van der Waals surface area contributed by atoms with Gasteiger partial charge in [-0.25, -0.2) is 0 Å². The van der Waals surface area contributed by atoms with Crippen LogP contribution in [-0.2, 0) is 0 Å². The fourth-order valence-electron chi connectivity index (χ4n) is 7.72. The molecule has 0 fully saturated rings. The SMILES string of the molecule is c1ccc(-n2c3ccccc3c3cc(-c4ccc(-c5cc6[nH]c7ccccc7c6c6ccccc56)c5ccccc45)ccc32)cc1. The lowest BCUT2D eigenvalue weighted by molar-refractivity contribution is 1.18. The van der Waals surface area contributed by atoms with Gasteiger partial charge in [0.15, 0.2) is 0 Å². The number of hydrogen-bond acceptors (Lipinski definition) is 0. The molecule has 0 unspecified atom stereocenters. The fraction of sp³-hybridized carbons (Fsp3) is 0. The van der Waals surface area contributed by atoms with Crippen molar-refractivity contribution in [1.82, 2.24) is 9.55 Å². The van der Waals surface area contributed by atoms with Gasteiger partial charge in [0.1, 0.15) is 0 Å². The number of fused-ring (bicyclic) bond motifs is 9. The summed E-state index contributed by atoms with van der Waals surface area (Å²) in [7, 11) is 0. The number of aromatic amines is 1. The van der Waals surface area contributed by atoms with E-state index in [2.05, 4.69) is 173 Å². The van der Waals surface area contributed by atoms with Crippen LogP contribution in [0.15, 0.2) is 164 Å². The van der Waals surface area contributed by atoms with Crippen molar-refractivity contribution in [2.24, 2.45) is 0 Å². The molecule has 0 spiro atoms. The Hall–Kier alpha value is -6.12. The molecule has 0 aliphatic rings. The average molecular weight is 585 g/mol. The number of benzene rings is 8. The van der Waals surface area contributed by atoms with Crippen molar-refractivity contribution >= 4 is 65.2 Å². The molecule has 46 heavy (non-hydrogen) atoms. The van der Waals surface area contributed by atoms with Crippen LogP contribution in [0.3, 0.4) is 0 Å². The van der Waals surface area contributed by atoms with Crippen LogP contribution >= 0.6 is 0 Å². The van der Waals surface area contributed by atoms with Crippen molar-refractivity contribution in [1.29, 1.82) is 0 Å². The zero-order chi connectivity index (χ0) is 30.2. The van der Waals surface area contributed by atoms with Crippen molar-refractivity contribution in [3.8, 4) is 27.9 Å². The summed E-state index contributed by atoms with van der Waals surface area (Å²) in [5.41, 5.74) is 10.9. The van der Waals surface area contributed by atoms with E-state index in [1.54, 1.807) is 0 Å². The lowest BCUT2D eigenvalue weighted by atomic mass is 9.89. The average Bonchev–Trinajstić information content (AvgIpc) is 3.67. The molecular formula is C44H28N2. The second kappa shape index (κ2) is 9.69. The molecule has 0 aliphatic carbocycles. The summed E-state index contributed by atoms with van der Waals surface area (Å²) in [5.74, 6) is 0. The number of rotatable bonds is 3. The Bertz CT molecular complexity index is 2800. The molecule has 2 aromatic heterocycles. The molecular weight excluding hydrogens is 556 g/mol. The quantitative estimate of drug-likeness (QED) is 0.213. The smallest absolute Gasteiger partial charge is 0.0541 e. The number of nitrogens with zero attached hydrogens (tertiary/aromatic N) is 1. The molecule has 10 aromatic rings. The van der Waals surface area contributed by atoms with Gasteiger partial charge in [-0.3, -0.25) is 0 Å². The third kappa shape index (κ3) is 3.59. The zero-order valence-corrected chi connectivity index (χ0v) is 25.0. The lowest BCUT2D eigenvalue weighted by Crippen LogP contribution is -1.93. The van der Waals surface area contributed by atoms with Crippen LogP contribution in [0.2, 0.25) is 0 Å². The van der Waals surface area contributed by atoms with Crippen LogP contribution in [0.5, 0.6) is 0 Å². The van der Waals surface area contributed by atoms with E-state index in [1.165, 1.54) is 93.1 Å². The minimum Gasteiger partial charge on any atom is -0.354 e. The maximum absolute atomic E-state index is 3.71. The normalized spacial score (nSPS) is 11.9. The molecule has 0 radical (unpaired) electrons. The topological polar surface area (TPSA) is 20.7 Å². The first-order chi connectivity index (χ1) is 22.8. The summed E-state index contributed by atoms with van der Waals surface area (Å²) in [6.07, 6.45) is 0. The summed E-state index contributed by atoms with van der Waals surface area (Å²) in [6.45, 7) is 0. The highest BCUT2D eigenvalue weighted by molar-refractivity contribution is 6.24. The molecule has 214 valence electrons. The van der Waals surface area contributed by atoms with Crippen LogP contribution in [-0.4, -0.2) is 9.55 Å². The maximum Gasteiger partial charge on any atom is 0.0541 e. The van der Waals surface area contributed by atoms with Crippen molar-refractivity contribution in [2.75, 3.05) is 0 Å². The van der Waals surface area contributed by atoms with Crippen LogP contribution < -0.4 is 0 Å². The van der Waals surface area contributed by atoms with Gasteiger partial charge in [-0.15, -0.1) is 0 Å². The fourth-order valence-corrected chi connectivity index (χ4v) is 7.72. The molecule has 0 saturated heterocycles. The molecule has 0 saturated carbocycles. The molecule has 2 heteroatoms. The summed E-state index contributed by atoms with van der Waals surface area (Å²) >= 11 is 0. The summed E-state index contributed by atoms with van der Waals surface area (Å²) in [5, 5.41) is 10.2. The van der Waals surface area contributed by atoms with Gasteiger partial charge in [0, 0.05) is 38.3 Å². The van der Waals surface area contributed by atoms with Crippen molar-refractivity contribution < 1.29 is 0 Å². The van der Waals surface area contributed by atoms with Crippen molar-refractivity contribution in [3.63, 3.8) is 0 Å². The number of hydrogen-bond donors (Lipinski definition) is 1. The van der Waals surface area contributed by atoms with Gasteiger partial charge in [-0.2, -0.15) is 0 Å². The van der Waals surface area contributed by atoms with Gasteiger partial charge >= 0.3 is 0 Å². The molecule has 10 rings (SSSR count). The summed E-state index contributed by atoms with van der Waals surface area (Å²) in [4.78, 5) is 3.71. The van der Waals surface area contributed by atoms with E-state index in [0.717, 1.165) is 0 Å². The molecule has 2 heterocycles. The lowest BCUT2D eigenvalue weighted by Gasteiger charge is -2.15. The Morgan fingerprint density at radius 1 is 0.348 bits per heavy atom. The van der Waals surface area contributed by atoms with Gasteiger partial charge < -0.3 is 9.55 Å². The Balaban J connectivity index is 1.21. The summed E-state index contributed by atoms with van der Waals surface area (Å²) < 4.78 is 2.38. The van der Waals surface area contributed by atoms with Gasteiger partial charge in [0.05, 0.1) is 11.0 Å². The largest absolute Gasteiger partial charge is 0.354 e. The van der Waals surface area contributed by atoms with E-state index in [0.29, 0.717) is 0 Å². The Morgan fingerprint density at radius 3 is 1.74 bits per heavy atom. The Kier molecular flexibility index (Phi) is 5.31. The summed E-state index contributed by atoms with van der Waals surface area (Å²) in [6, 6.07) is 59.7. The zero-order valence-electron chi connectivity index (χ0n) is 25.0. The monoisotopic (exact) mass is 584 g/mol. The highest BCUT2D eigenvalue weighted by Crippen LogP contribution is 2.43. The molecule has 0 aliphatic heterocycles. The first-order valence-electron chi connectivity index (χ1n) is 15.9. The van der Waals surface area contributed by atoms with Crippen LogP contribution in [0, 0.1) is 0 Å². The maximum atomic E-state index is 3.71. The predicted octanol–water partition coefficient (Wildman–Crippen LogP) is 12.1. The van der Waals surface area contributed by atoms with Gasteiger partial charge in [-0.1, -0.05) is 121 Å².